The highest BCUT2D eigenvalue weighted by Gasteiger charge is 2.11. The smallest absolute Gasteiger partial charge is 0.411 e. The number of hydrogen-bond donors (Lipinski definition) is 1. The number of amides is 1. The van der Waals surface area contributed by atoms with E-state index in [2.05, 4.69) is 10.2 Å². The lowest BCUT2D eigenvalue weighted by Gasteiger charge is -2.28. The molecule has 0 bridgehead atoms. The van der Waals surface area contributed by atoms with Crippen molar-refractivity contribution >= 4 is 17.5 Å². The molecule has 98 valence electrons. The predicted octanol–water partition coefficient (Wildman–Crippen LogP) is 2.09. The molecule has 18 heavy (non-hydrogen) atoms. The summed E-state index contributed by atoms with van der Waals surface area (Å²) >= 11 is 0. The van der Waals surface area contributed by atoms with Gasteiger partial charge < -0.3 is 14.4 Å². The van der Waals surface area contributed by atoms with E-state index in [0.717, 1.165) is 37.7 Å². The van der Waals surface area contributed by atoms with Crippen molar-refractivity contribution in [2.45, 2.75) is 6.92 Å². The van der Waals surface area contributed by atoms with E-state index in [1.165, 1.54) is 0 Å². The van der Waals surface area contributed by atoms with Gasteiger partial charge in [-0.15, -0.1) is 0 Å². The third-order valence-electron chi connectivity index (χ3n) is 2.77. The van der Waals surface area contributed by atoms with Crippen molar-refractivity contribution in [2.24, 2.45) is 0 Å². The molecule has 1 aliphatic rings. The molecule has 2 rings (SSSR count). The second-order valence-corrected chi connectivity index (χ2v) is 3.99. The van der Waals surface area contributed by atoms with E-state index in [4.69, 9.17) is 9.47 Å². The molecule has 1 aromatic rings. The number of ether oxygens (including phenoxy) is 2. The van der Waals surface area contributed by atoms with E-state index in [1.807, 2.05) is 24.3 Å². The predicted molar refractivity (Wildman–Crippen MR) is 70.1 cm³/mol. The summed E-state index contributed by atoms with van der Waals surface area (Å²) in [5.41, 5.74) is 1.89. The average Bonchev–Trinajstić information content (AvgIpc) is 2.41. The highest BCUT2D eigenvalue weighted by molar-refractivity contribution is 5.84. The monoisotopic (exact) mass is 250 g/mol. The Bertz CT molecular complexity index is 386. The summed E-state index contributed by atoms with van der Waals surface area (Å²) in [6.45, 7) is 5.50. The maximum Gasteiger partial charge on any atom is 0.411 e. The van der Waals surface area contributed by atoms with Crippen molar-refractivity contribution in [3.63, 3.8) is 0 Å². The molecule has 1 heterocycles. The number of anilines is 2. The van der Waals surface area contributed by atoms with Crippen LogP contribution in [0.25, 0.3) is 0 Å². The van der Waals surface area contributed by atoms with E-state index >= 15 is 0 Å². The van der Waals surface area contributed by atoms with Gasteiger partial charge in [0.25, 0.3) is 0 Å². The lowest BCUT2D eigenvalue weighted by atomic mass is 10.2. The highest BCUT2D eigenvalue weighted by atomic mass is 16.5. The Morgan fingerprint density at radius 2 is 2.00 bits per heavy atom. The SMILES string of the molecule is CCOC(=O)Nc1ccc(N2CCOCC2)cc1. The minimum absolute atomic E-state index is 0.373. The zero-order valence-corrected chi connectivity index (χ0v) is 10.5. The maximum atomic E-state index is 11.2. The molecule has 1 N–H and O–H groups in total. The molecular formula is C13H18N2O3. The van der Waals surface area contributed by atoms with Gasteiger partial charge in [-0.2, -0.15) is 0 Å². The van der Waals surface area contributed by atoms with Gasteiger partial charge in [0, 0.05) is 24.5 Å². The Kier molecular flexibility index (Phi) is 4.41. The van der Waals surface area contributed by atoms with Gasteiger partial charge in [0.2, 0.25) is 0 Å². The fraction of sp³-hybridized carbons (Fsp3) is 0.462. The average molecular weight is 250 g/mol. The molecular weight excluding hydrogens is 232 g/mol. The topological polar surface area (TPSA) is 50.8 Å². The summed E-state index contributed by atoms with van der Waals surface area (Å²) in [7, 11) is 0. The fourth-order valence-electron chi connectivity index (χ4n) is 1.86. The molecule has 5 nitrogen and oxygen atoms in total. The van der Waals surface area contributed by atoms with E-state index in [9.17, 15) is 4.79 Å². The summed E-state index contributed by atoms with van der Waals surface area (Å²) in [4.78, 5) is 13.5. The molecule has 5 heteroatoms. The zero-order chi connectivity index (χ0) is 12.8. The van der Waals surface area contributed by atoms with E-state index in [-0.39, 0.29) is 0 Å². The molecule has 1 aromatic carbocycles. The first-order valence-corrected chi connectivity index (χ1v) is 6.16. The van der Waals surface area contributed by atoms with Gasteiger partial charge in [-0.25, -0.2) is 4.79 Å². The number of nitrogens with zero attached hydrogens (tertiary/aromatic N) is 1. The first-order valence-electron chi connectivity index (χ1n) is 6.16. The van der Waals surface area contributed by atoms with Crippen molar-refractivity contribution in [2.75, 3.05) is 43.1 Å². The molecule has 0 spiro atoms. The minimum atomic E-state index is -0.420. The van der Waals surface area contributed by atoms with Gasteiger partial charge in [0.05, 0.1) is 19.8 Å². The van der Waals surface area contributed by atoms with Crippen LogP contribution in [-0.4, -0.2) is 39.0 Å². The minimum Gasteiger partial charge on any atom is -0.450 e. The van der Waals surface area contributed by atoms with E-state index < -0.39 is 6.09 Å². The second kappa shape index (κ2) is 6.26. The van der Waals surface area contributed by atoms with Crippen molar-refractivity contribution < 1.29 is 14.3 Å². The summed E-state index contributed by atoms with van der Waals surface area (Å²) in [5, 5.41) is 2.67. The van der Waals surface area contributed by atoms with Crippen LogP contribution < -0.4 is 10.2 Å². The van der Waals surface area contributed by atoms with Crippen LogP contribution >= 0.6 is 0 Å². The van der Waals surface area contributed by atoms with Crippen LogP contribution in [0.5, 0.6) is 0 Å². The summed E-state index contributed by atoms with van der Waals surface area (Å²) in [6.07, 6.45) is -0.420. The van der Waals surface area contributed by atoms with Crippen LogP contribution in [0.3, 0.4) is 0 Å². The number of hydrogen-bond acceptors (Lipinski definition) is 4. The lowest BCUT2D eigenvalue weighted by Crippen LogP contribution is -2.36. The number of benzene rings is 1. The molecule has 0 unspecified atom stereocenters. The molecule has 1 saturated heterocycles. The van der Waals surface area contributed by atoms with E-state index in [0.29, 0.717) is 6.61 Å². The van der Waals surface area contributed by atoms with Crippen LogP contribution in [0.15, 0.2) is 24.3 Å². The first kappa shape index (κ1) is 12.7. The number of carbonyl (C=O) groups is 1. The standard InChI is InChI=1S/C13H18N2O3/c1-2-18-13(16)14-11-3-5-12(6-4-11)15-7-9-17-10-8-15/h3-6H,2,7-10H2,1H3,(H,14,16). The van der Waals surface area contributed by atoms with Crippen LogP contribution in [0, 0.1) is 0 Å². The van der Waals surface area contributed by atoms with Crippen molar-refractivity contribution in [1.82, 2.24) is 0 Å². The van der Waals surface area contributed by atoms with Gasteiger partial charge in [0.15, 0.2) is 0 Å². The van der Waals surface area contributed by atoms with Crippen LogP contribution in [-0.2, 0) is 9.47 Å². The lowest BCUT2D eigenvalue weighted by molar-refractivity contribution is 0.122. The summed E-state index contributed by atoms with van der Waals surface area (Å²) in [6, 6.07) is 7.74. The van der Waals surface area contributed by atoms with Gasteiger partial charge in [0.1, 0.15) is 0 Å². The molecule has 0 radical (unpaired) electrons. The van der Waals surface area contributed by atoms with Gasteiger partial charge in [-0.3, -0.25) is 5.32 Å². The molecule has 0 aromatic heterocycles. The van der Waals surface area contributed by atoms with Crippen LogP contribution in [0.2, 0.25) is 0 Å². The summed E-state index contributed by atoms with van der Waals surface area (Å²) in [5.74, 6) is 0. The fourth-order valence-corrected chi connectivity index (χ4v) is 1.86. The van der Waals surface area contributed by atoms with Crippen molar-refractivity contribution in [1.29, 1.82) is 0 Å². The molecule has 0 aliphatic carbocycles. The Morgan fingerprint density at radius 1 is 1.33 bits per heavy atom. The van der Waals surface area contributed by atoms with E-state index in [1.54, 1.807) is 6.92 Å². The molecule has 1 fully saturated rings. The number of morpholine rings is 1. The highest BCUT2D eigenvalue weighted by Crippen LogP contribution is 2.19. The molecule has 0 saturated carbocycles. The van der Waals surface area contributed by atoms with Crippen molar-refractivity contribution in [3.05, 3.63) is 24.3 Å². The molecule has 1 amide bonds. The Labute approximate surface area is 107 Å². The van der Waals surface area contributed by atoms with Gasteiger partial charge in [-0.05, 0) is 31.2 Å². The first-order chi connectivity index (χ1) is 8.79. The third-order valence-corrected chi connectivity index (χ3v) is 2.77. The number of nitrogens with one attached hydrogen (secondary N) is 1. The van der Waals surface area contributed by atoms with Crippen LogP contribution in [0.1, 0.15) is 6.92 Å². The Balaban J connectivity index is 1.94. The molecule has 0 atom stereocenters. The Morgan fingerprint density at radius 3 is 2.61 bits per heavy atom. The number of carbonyl (C=O) groups excluding carboxylic acids is 1. The maximum absolute atomic E-state index is 11.2. The largest absolute Gasteiger partial charge is 0.450 e. The summed E-state index contributed by atoms with van der Waals surface area (Å²) < 4.78 is 10.1. The molecule has 1 aliphatic heterocycles. The third kappa shape index (κ3) is 3.37. The Hall–Kier alpha value is -1.75. The van der Waals surface area contributed by atoms with Gasteiger partial charge in [-0.1, -0.05) is 0 Å². The van der Waals surface area contributed by atoms with Crippen LogP contribution in [0.4, 0.5) is 16.2 Å². The zero-order valence-electron chi connectivity index (χ0n) is 10.5. The quantitative estimate of drug-likeness (QED) is 0.892. The number of rotatable bonds is 3. The van der Waals surface area contributed by atoms with Crippen molar-refractivity contribution in [3.8, 4) is 0 Å². The second-order valence-electron chi connectivity index (χ2n) is 3.99. The van der Waals surface area contributed by atoms with Gasteiger partial charge >= 0.3 is 6.09 Å². The normalized spacial score (nSPS) is 15.3.